The van der Waals surface area contributed by atoms with Gasteiger partial charge in [-0.2, -0.15) is 0 Å². The molecule has 1 aliphatic rings. The molecule has 7 heteroatoms. The van der Waals surface area contributed by atoms with Crippen LogP contribution in [0.5, 0.6) is 0 Å². The average Bonchev–Trinajstić information content (AvgIpc) is 3.14. The van der Waals surface area contributed by atoms with E-state index in [1.807, 2.05) is 16.0 Å². The molecule has 3 aromatic rings. The molecule has 1 aromatic carbocycles. The fourth-order valence-corrected chi connectivity index (χ4v) is 5.46. The van der Waals surface area contributed by atoms with Crippen molar-refractivity contribution in [1.82, 2.24) is 20.0 Å². The minimum atomic E-state index is -0.267. The maximum Gasteiger partial charge on any atom is 0.226 e. The molecular weight excluding hydrogens is 387 g/mol. The number of amides is 1. The summed E-state index contributed by atoms with van der Waals surface area (Å²) < 4.78 is 15.1. The number of hydrogen-bond donors (Lipinski definition) is 2. The third kappa shape index (κ3) is 4.51. The van der Waals surface area contributed by atoms with E-state index in [0.29, 0.717) is 6.42 Å². The Bertz CT molecular complexity index is 1020. The van der Waals surface area contributed by atoms with Gasteiger partial charge in [0.2, 0.25) is 5.91 Å². The van der Waals surface area contributed by atoms with E-state index in [-0.39, 0.29) is 28.8 Å². The molecule has 3 heterocycles. The number of rotatable bonds is 4. The summed E-state index contributed by atoms with van der Waals surface area (Å²) in [5.74, 6) is -0.239. The average molecular weight is 415 g/mol. The van der Waals surface area contributed by atoms with Crippen LogP contribution in [0.2, 0.25) is 0 Å². The number of imidazole rings is 1. The summed E-state index contributed by atoms with van der Waals surface area (Å²) in [7, 11) is 0. The Labute approximate surface area is 174 Å². The van der Waals surface area contributed by atoms with Gasteiger partial charge in [0, 0.05) is 40.0 Å². The molecule has 154 valence electrons. The standard InChI is InChI=1S/C22H27FN4OS/c1-21(2)10-16(11-22(3,4)26-21)24-19(28)9-17-13-29-20-25-18(12-27(17)20)14-5-7-15(23)8-6-14/h5-8,12-13,16,26H,9-11H2,1-4H3,(H,24,28). The zero-order valence-electron chi connectivity index (χ0n) is 17.3. The second kappa shape index (κ2) is 7.22. The van der Waals surface area contributed by atoms with E-state index < -0.39 is 0 Å². The van der Waals surface area contributed by atoms with Crippen LogP contribution < -0.4 is 10.6 Å². The molecule has 1 aliphatic heterocycles. The van der Waals surface area contributed by atoms with Gasteiger partial charge in [-0.15, -0.1) is 11.3 Å². The number of nitrogens with zero attached hydrogens (tertiary/aromatic N) is 2. The maximum atomic E-state index is 13.2. The molecule has 1 amide bonds. The second-order valence-electron chi connectivity index (χ2n) is 9.25. The summed E-state index contributed by atoms with van der Waals surface area (Å²) in [6.45, 7) is 8.71. The smallest absolute Gasteiger partial charge is 0.226 e. The van der Waals surface area contributed by atoms with Crippen molar-refractivity contribution < 1.29 is 9.18 Å². The Hall–Kier alpha value is -2.25. The Kier molecular flexibility index (Phi) is 4.99. The monoisotopic (exact) mass is 414 g/mol. The third-order valence-corrected chi connectivity index (χ3v) is 6.21. The van der Waals surface area contributed by atoms with E-state index in [0.717, 1.165) is 34.8 Å². The number of thiazole rings is 1. The van der Waals surface area contributed by atoms with Crippen molar-refractivity contribution in [2.24, 2.45) is 0 Å². The summed E-state index contributed by atoms with van der Waals surface area (Å²) in [6, 6.07) is 6.45. The van der Waals surface area contributed by atoms with Crippen LogP contribution in [0.25, 0.3) is 16.2 Å². The van der Waals surface area contributed by atoms with Gasteiger partial charge in [0.1, 0.15) is 5.82 Å². The Balaban J connectivity index is 1.48. The number of aromatic nitrogens is 2. The van der Waals surface area contributed by atoms with E-state index in [1.165, 1.54) is 23.5 Å². The first-order valence-electron chi connectivity index (χ1n) is 9.90. The number of fused-ring (bicyclic) bond motifs is 1. The van der Waals surface area contributed by atoms with Gasteiger partial charge < -0.3 is 10.6 Å². The number of carbonyl (C=O) groups is 1. The molecule has 5 nitrogen and oxygen atoms in total. The molecule has 1 saturated heterocycles. The Morgan fingerprint density at radius 3 is 2.55 bits per heavy atom. The third-order valence-electron chi connectivity index (χ3n) is 5.32. The highest BCUT2D eigenvalue weighted by atomic mass is 32.1. The van der Waals surface area contributed by atoms with Crippen LogP contribution in [-0.2, 0) is 11.2 Å². The molecule has 2 aromatic heterocycles. The molecule has 2 N–H and O–H groups in total. The highest BCUT2D eigenvalue weighted by Gasteiger charge is 2.38. The van der Waals surface area contributed by atoms with E-state index in [2.05, 4.69) is 43.3 Å². The highest BCUT2D eigenvalue weighted by Crippen LogP contribution is 2.29. The minimum Gasteiger partial charge on any atom is -0.353 e. The molecule has 0 radical (unpaired) electrons. The predicted molar refractivity (Wildman–Crippen MR) is 115 cm³/mol. The summed E-state index contributed by atoms with van der Waals surface area (Å²) >= 11 is 1.51. The number of piperidine rings is 1. The minimum absolute atomic E-state index is 0.0102. The van der Waals surface area contributed by atoms with Gasteiger partial charge >= 0.3 is 0 Å². The predicted octanol–water partition coefficient (Wildman–Crippen LogP) is 4.17. The van der Waals surface area contributed by atoms with Crippen molar-refractivity contribution in [3.05, 3.63) is 47.4 Å². The van der Waals surface area contributed by atoms with Crippen LogP contribution in [-0.4, -0.2) is 32.4 Å². The lowest BCUT2D eigenvalue weighted by Gasteiger charge is -2.46. The molecule has 0 bridgehead atoms. The first kappa shape index (κ1) is 20.0. The fraction of sp³-hybridized carbons (Fsp3) is 0.455. The number of nitrogens with one attached hydrogen (secondary N) is 2. The first-order chi connectivity index (χ1) is 13.6. The fourth-order valence-electron chi connectivity index (χ4n) is 4.58. The number of benzene rings is 1. The van der Waals surface area contributed by atoms with E-state index in [1.54, 1.807) is 12.1 Å². The molecule has 0 unspecified atom stereocenters. The lowest BCUT2D eigenvalue weighted by Crippen LogP contribution is -2.62. The second-order valence-corrected chi connectivity index (χ2v) is 10.1. The topological polar surface area (TPSA) is 58.4 Å². The van der Waals surface area contributed by atoms with Gasteiger partial charge in [0.15, 0.2) is 4.96 Å². The van der Waals surface area contributed by atoms with Crippen molar-refractivity contribution in [3.63, 3.8) is 0 Å². The Morgan fingerprint density at radius 2 is 1.90 bits per heavy atom. The number of hydrogen-bond acceptors (Lipinski definition) is 4. The van der Waals surface area contributed by atoms with E-state index >= 15 is 0 Å². The van der Waals surface area contributed by atoms with E-state index in [4.69, 9.17) is 0 Å². The van der Waals surface area contributed by atoms with Crippen LogP contribution >= 0.6 is 11.3 Å². The Morgan fingerprint density at radius 1 is 1.24 bits per heavy atom. The molecule has 0 spiro atoms. The van der Waals surface area contributed by atoms with Crippen molar-refractivity contribution in [1.29, 1.82) is 0 Å². The van der Waals surface area contributed by atoms with Crippen LogP contribution in [0.15, 0.2) is 35.8 Å². The molecule has 0 atom stereocenters. The number of halogens is 1. The summed E-state index contributed by atoms with van der Waals surface area (Å²) in [4.78, 5) is 18.2. The summed E-state index contributed by atoms with van der Waals surface area (Å²) in [5.41, 5.74) is 2.53. The zero-order chi connectivity index (χ0) is 20.8. The molecule has 0 saturated carbocycles. The van der Waals surface area contributed by atoms with Crippen LogP contribution in [0.3, 0.4) is 0 Å². The molecule has 29 heavy (non-hydrogen) atoms. The number of carbonyl (C=O) groups excluding carboxylic acids is 1. The first-order valence-corrected chi connectivity index (χ1v) is 10.8. The summed E-state index contributed by atoms with van der Waals surface area (Å²) in [6.07, 6.45) is 4.03. The normalized spacial score (nSPS) is 18.8. The largest absolute Gasteiger partial charge is 0.353 e. The van der Waals surface area contributed by atoms with Crippen LogP contribution in [0.1, 0.15) is 46.2 Å². The molecular formula is C22H27FN4OS. The van der Waals surface area contributed by atoms with Crippen molar-refractivity contribution >= 4 is 22.2 Å². The molecule has 1 fully saturated rings. The van der Waals surface area contributed by atoms with Gasteiger partial charge in [-0.05, 0) is 64.8 Å². The lowest BCUT2D eigenvalue weighted by molar-refractivity contribution is -0.121. The molecule has 4 rings (SSSR count). The van der Waals surface area contributed by atoms with Crippen LogP contribution in [0, 0.1) is 5.82 Å². The van der Waals surface area contributed by atoms with Gasteiger partial charge in [-0.1, -0.05) is 0 Å². The highest BCUT2D eigenvalue weighted by molar-refractivity contribution is 7.15. The van der Waals surface area contributed by atoms with Gasteiger partial charge in [0.05, 0.1) is 12.1 Å². The van der Waals surface area contributed by atoms with Gasteiger partial charge in [-0.3, -0.25) is 9.20 Å². The van der Waals surface area contributed by atoms with Crippen molar-refractivity contribution in [2.75, 3.05) is 0 Å². The van der Waals surface area contributed by atoms with Crippen molar-refractivity contribution in [3.8, 4) is 11.3 Å². The van der Waals surface area contributed by atoms with Crippen molar-refractivity contribution in [2.45, 2.75) is 64.1 Å². The molecule has 0 aliphatic carbocycles. The lowest BCUT2D eigenvalue weighted by atomic mass is 9.79. The maximum absolute atomic E-state index is 13.2. The zero-order valence-corrected chi connectivity index (χ0v) is 18.1. The van der Waals surface area contributed by atoms with Crippen LogP contribution in [0.4, 0.5) is 4.39 Å². The van der Waals surface area contributed by atoms with Gasteiger partial charge in [-0.25, -0.2) is 9.37 Å². The SMILES string of the molecule is CC1(C)CC(NC(=O)Cc2csc3nc(-c4ccc(F)cc4)cn23)CC(C)(C)N1. The van der Waals surface area contributed by atoms with E-state index in [9.17, 15) is 9.18 Å². The summed E-state index contributed by atoms with van der Waals surface area (Å²) in [5, 5.41) is 8.85. The quantitative estimate of drug-likeness (QED) is 0.674. The van der Waals surface area contributed by atoms with Gasteiger partial charge in [0.25, 0.3) is 0 Å².